The van der Waals surface area contributed by atoms with Crippen molar-refractivity contribution < 1.29 is 4.39 Å². The Morgan fingerprint density at radius 3 is 2.58 bits per heavy atom. The van der Waals surface area contributed by atoms with Gasteiger partial charge in [-0.05, 0) is 36.3 Å². The molecular formula is C17H18FN. The molecule has 2 aromatic carbocycles. The molecule has 19 heavy (non-hydrogen) atoms. The molecule has 1 aliphatic carbocycles. The third kappa shape index (κ3) is 2.28. The summed E-state index contributed by atoms with van der Waals surface area (Å²) >= 11 is 0. The second-order valence-corrected chi connectivity index (χ2v) is 5.42. The van der Waals surface area contributed by atoms with Crippen molar-refractivity contribution in [2.24, 2.45) is 11.7 Å². The van der Waals surface area contributed by atoms with E-state index < -0.39 is 0 Å². The zero-order valence-corrected chi connectivity index (χ0v) is 11.0. The van der Waals surface area contributed by atoms with Gasteiger partial charge in [-0.1, -0.05) is 48.5 Å². The van der Waals surface area contributed by atoms with Crippen LogP contribution in [0.25, 0.3) is 0 Å². The maximum Gasteiger partial charge on any atom is 0.130 e. The maximum absolute atomic E-state index is 14.1. The molecule has 0 heterocycles. The molecule has 2 N–H and O–H groups in total. The van der Waals surface area contributed by atoms with E-state index in [-0.39, 0.29) is 11.9 Å². The van der Waals surface area contributed by atoms with Crippen molar-refractivity contribution in [3.05, 3.63) is 71.0 Å². The van der Waals surface area contributed by atoms with Gasteiger partial charge in [-0.2, -0.15) is 0 Å². The van der Waals surface area contributed by atoms with Crippen LogP contribution in [0.3, 0.4) is 0 Å². The van der Waals surface area contributed by atoms with E-state index in [4.69, 9.17) is 5.73 Å². The van der Waals surface area contributed by atoms with Gasteiger partial charge in [0.15, 0.2) is 0 Å². The highest BCUT2D eigenvalue weighted by molar-refractivity contribution is 5.33. The van der Waals surface area contributed by atoms with Crippen LogP contribution >= 0.6 is 0 Å². The minimum atomic E-state index is -0.204. The van der Waals surface area contributed by atoms with Gasteiger partial charge < -0.3 is 5.73 Å². The number of hydrogen-bond acceptors (Lipinski definition) is 1. The zero-order valence-electron chi connectivity index (χ0n) is 11.0. The van der Waals surface area contributed by atoms with Crippen molar-refractivity contribution in [3.63, 3.8) is 0 Å². The van der Waals surface area contributed by atoms with Crippen molar-refractivity contribution in [1.29, 1.82) is 0 Å². The van der Waals surface area contributed by atoms with Crippen LogP contribution in [0, 0.1) is 18.7 Å². The van der Waals surface area contributed by atoms with Crippen molar-refractivity contribution in [3.8, 4) is 0 Å². The second-order valence-electron chi connectivity index (χ2n) is 5.42. The predicted octanol–water partition coefficient (Wildman–Crippen LogP) is 3.94. The Bertz CT molecular complexity index is 579. The lowest BCUT2D eigenvalue weighted by Crippen LogP contribution is -2.15. The largest absolute Gasteiger partial charge is 0.324 e. The molecule has 2 heteroatoms. The highest BCUT2D eigenvalue weighted by Gasteiger charge is 2.43. The number of aryl methyl sites for hydroxylation is 1. The lowest BCUT2D eigenvalue weighted by molar-refractivity contribution is 0.542. The molecule has 3 atom stereocenters. The molecule has 0 aromatic heterocycles. The van der Waals surface area contributed by atoms with E-state index in [2.05, 4.69) is 12.1 Å². The lowest BCUT2D eigenvalue weighted by atomic mass is 9.97. The topological polar surface area (TPSA) is 26.0 Å². The first-order valence-corrected chi connectivity index (χ1v) is 6.74. The van der Waals surface area contributed by atoms with Gasteiger partial charge in [0.2, 0.25) is 0 Å². The molecule has 3 rings (SSSR count). The summed E-state index contributed by atoms with van der Waals surface area (Å²) in [5.41, 5.74) is 8.90. The van der Waals surface area contributed by atoms with Crippen molar-refractivity contribution in [2.45, 2.75) is 25.3 Å². The summed E-state index contributed by atoms with van der Waals surface area (Å²) in [6, 6.07) is 15.6. The average molecular weight is 255 g/mol. The Morgan fingerprint density at radius 1 is 1.11 bits per heavy atom. The first kappa shape index (κ1) is 12.4. The maximum atomic E-state index is 14.1. The molecule has 1 fully saturated rings. The summed E-state index contributed by atoms with van der Waals surface area (Å²) in [6.45, 7) is 1.78. The fourth-order valence-corrected chi connectivity index (χ4v) is 2.85. The highest BCUT2D eigenvalue weighted by Crippen LogP contribution is 2.53. The molecule has 0 aliphatic heterocycles. The molecule has 1 saturated carbocycles. The molecular weight excluding hydrogens is 237 g/mol. The van der Waals surface area contributed by atoms with E-state index in [1.807, 2.05) is 30.3 Å². The summed E-state index contributed by atoms with van der Waals surface area (Å²) in [5, 5.41) is 0. The first-order valence-electron chi connectivity index (χ1n) is 6.74. The van der Waals surface area contributed by atoms with Gasteiger partial charge in [-0.25, -0.2) is 4.39 Å². The van der Waals surface area contributed by atoms with Gasteiger partial charge in [0.05, 0.1) is 0 Å². The number of rotatable bonds is 3. The molecule has 1 aliphatic rings. The number of halogens is 1. The molecule has 0 saturated heterocycles. The second kappa shape index (κ2) is 4.78. The van der Waals surface area contributed by atoms with E-state index in [0.29, 0.717) is 23.0 Å². The van der Waals surface area contributed by atoms with Crippen LogP contribution in [0.1, 0.15) is 35.1 Å². The molecule has 0 radical (unpaired) electrons. The van der Waals surface area contributed by atoms with Gasteiger partial charge in [0.1, 0.15) is 5.82 Å². The van der Waals surface area contributed by atoms with Crippen LogP contribution < -0.4 is 5.73 Å². The number of nitrogens with two attached hydrogens (primary N) is 1. The first-order chi connectivity index (χ1) is 9.18. The molecule has 98 valence electrons. The van der Waals surface area contributed by atoms with E-state index >= 15 is 0 Å². The van der Waals surface area contributed by atoms with E-state index in [0.717, 1.165) is 6.42 Å². The van der Waals surface area contributed by atoms with Gasteiger partial charge in [0, 0.05) is 11.6 Å². The molecule has 3 unspecified atom stereocenters. The van der Waals surface area contributed by atoms with Gasteiger partial charge in [-0.3, -0.25) is 0 Å². The van der Waals surface area contributed by atoms with Gasteiger partial charge in [-0.15, -0.1) is 0 Å². The lowest BCUT2D eigenvalue weighted by Gasteiger charge is -2.14. The molecule has 2 aromatic rings. The van der Waals surface area contributed by atoms with Crippen LogP contribution in [0.4, 0.5) is 4.39 Å². The predicted molar refractivity (Wildman–Crippen MR) is 75.4 cm³/mol. The third-order valence-corrected chi connectivity index (χ3v) is 4.11. The Hall–Kier alpha value is -1.67. The van der Waals surface area contributed by atoms with Crippen molar-refractivity contribution >= 4 is 0 Å². The van der Waals surface area contributed by atoms with E-state index in [1.165, 1.54) is 5.56 Å². The molecule has 0 spiro atoms. The summed E-state index contributed by atoms with van der Waals surface area (Å²) in [7, 11) is 0. The summed E-state index contributed by atoms with van der Waals surface area (Å²) < 4.78 is 14.1. The third-order valence-electron chi connectivity index (χ3n) is 4.11. The van der Waals surface area contributed by atoms with Crippen molar-refractivity contribution in [1.82, 2.24) is 0 Å². The molecule has 0 bridgehead atoms. The Kier molecular flexibility index (Phi) is 3.11. The van der Waals surface area contributed by atoms with Crippen LogP contribution in [0.5, 0.6) is 0 Å². The van der Waals surface area contributed by atoms with E-state index in [1.54, 1.807) is 13.0 Å². The van der Waals surface area contributed by atoms with Crippen LogP contribution in [-0.4, -0.2) is 0 Å². The summed E-state index contributed by atoms with van der Waals surface area (Å²) in [5.74, 6) is 0.698. The normalized spacial score (nSPS) is 23.1. The molecule has 1 nitrogen and oxygen atoms in total. The van der Waals surface area contributed by atoms with Gasteiger partial charge in [0.25, 0.3) is 0 Å². The smallest absolute Gasteiger partial charge is 0.130 e. The van der Waals surface area contributed by atoms with Crippen LogP contribution in [0.15, 0.2) is 48.5 Å². The Morgan fingerprint density at radius 2 is 1.84 bits per heavy atom. The quantitative estimate of drug-likeness (QED) is 0.883. The average Bonchev–Trinajstić information content (AvgIpc) is 3.22. The Labute approximate surface area is 113 Å². The summed E-state index contributed by atoms with van der Waals surface area (Å²) in [6.07, 6.45) is 1.05. The van der Waals surface area contributed by atoms with Crippen LogP contribution in [0.2, 0.25) is 0 Å². The number of hydrogen-bond donors (Lipinski definition) is 1. The minimum Gasteiger partial charge on any atom is -0.324 e. The van der Waals surface area contributed by atoms with E-state index in [9.17, 15) is 4.39 Å². The standard InChI is InChI=1S/C17H18FN/c1-11-6-5-9-13(16(11)18)17(19)15-10-14(15)12-7-3-2-4-8-12/h2-9,14-15,17H,10,19H2,1H3. The fraction of sp³-hybridized carbons (Fsp3) is 0.294. The summed E-state index contributed by atoms with van der Waals surface area (Å²) in [4.78, 5) is 0. The monoisotopic (exact) mass is 255 g/mol. The highest BCUT2D eigenvalue weighted by atomic mass is 19.1. The van der Waals surface area contributed by atoms with Gasteiger partial charge >= 0.3 is 0 Å². The van der Waals surface area contributed by atoms with Crippen LogP contribution in [-0.2, 0) is 0 Å². The zero-order chi connectivity index (χ0) is 13.4. The molecule has 0 amide bonds. The minimum absolute atomic E-state index is 0.145. The number of benzene rings is 2. The SMILES string of the molecule is Cc1cccc(C(N)C2CC2c2ccccc2)c1F. The fourth-order valence-electron chi connectivity index (χ4n) is 2.85. The Balaban J connectivity index is 1.80. The van der Waals surface area contributed by atoms with Crippen molar-refractivity contribution in [2.75, 3.05) is 0 Å².